The molecule has 1 atom stereocenters. The maximum Gasteiger partial charge on any atom is 0.233 e. The van der Waals surface area contributed by atoms with Crippen molar-refractivity contribution in [1.29, 1.82) is 0 Å². The van der Waals surface area contributed by atoms with Crippen LogP contribution in [0.15, 0.2) is 29.4 Å². The maximum absolute atomic E-state index is 13.9. The third-order valence-electron chi connectivity index (χ3n) is 4.45. The van der Waals surface area contributed by atoms with E-state index in [0.717, 1.165) is 12.8 Å². The summed E-state index contributed by atoms with van der Waals surface area (Å²) in [5, 5.41) is 8.62. The minimum Gasteiger partial charge on any atom is -0.369 e. The van der Waals surface area contributed by atoms with Gasteiger partial charge < -0.3 is 15.2 Å². The summed E-state index contributed by atoms with van der Waals surface area (Å²) in [6, 6.07) is 6.35. The smallest absolute Gasteiger partial charge is 0.233 e. The zero-order valence-corrected chi connectivity index (χ0v) is 15.2. The first-order valence-corrected chi connectivity index (χ1v) is 9.30. The Bertz CT molecular complexity index is 825. The fourth-order valence-electron chi connectivity index (χ4n) is 2.97. The van der Waals surface area contributed by atoms with E-state index in [4.69, 9.17) is 5.73 Å². The summed E-state index contributed by atoms with van der Waals surface area (Å²) in [6.07, 6.45) is 1.49. The SMILES string of the molecule is Cn1c(SCC(=O)N2CCCC(C(N)=O)C2)nnc1-c1ccccc1F. The van der Waals surface area contributed by atoms with Crippen LogP contribution in [0.4, 0.5) is 4.39 Å². The van der Waals surface area contributed by atoms with Crippen molar-refractivity contribution in [3.63, 3.8) is 0 Å². The Hall–Kier alpha value is -2.42. The Morgan fingerprint density at radius 3 is 2.85 bits per heavy atom. The highest BCUT2D eigenvalue weighted by Crippen LogP contribution is 2.25. The summed E-state index contributed by atoms with van der Waals surface area (Å²) in [4.78, 5) is 25.4. The monoisotopic (exact) mass is 377 g/mol. The fourth-order valence-corrected chi connectivity index (χ4v) is 3.78. The van der Waals surface area contributed by atoms with E-state index in [-0.39, 0.29) is 29.3 Å². The van der Waals surface area contributed by atoms with Gasteiger partial charge in [0.05, 0.1) is 17.2 Å². The first-order chi connectivity index (χ1) is 12.5. The Morgan fingerprint density at radius 2 is 2.12 bits per heavy atom. The van der Waals surface area contributed by atoms with Crippen LogP contribution < -0.4 is 5.73 Å². The molecule has 1 fully saturated rings. The van der Waals surface area contributed by atoms with Crippen LogP contribution in [0.3, 0.4) is 0 Å². The molecule has 9 heteroatoms. The van der Waals surface area contributed by atoms with E-state index in [1.165, 1.54) is 17.8 Å². The van der Waals surface area contributed by atoms with E-state index in [2.05, 4.69) is 10.2 Å². The number of halogens is 1. The van der Waals surface area contributed by atoms with Crippen molar-refractivity contribution in [2.75, 3.05) is 18.8 Å². The fraction of sp³-hybridized carbons (Fsp3) is 0.412. The molecule has 0 spiro atoms. The highest BCUT2D eigenvalue weighted by atomic mass is 32.2. The van der Waals surface area contributed by atoms with E-state index in [1.807, 2.05) is 0 Å². The highest BCUT2D eigenvalue weighted by molar-refractivity contribution is 7.99. The Kier molecular flexibility index (Phi) is 5.55. The average molecular weight is 377 g/mol. The van der Waals surface area contributed by atoms with Gasteiger partial charge >= 0.3 is 0 Å². The summed E-state index contributed by atoms with van der Waals surface area (Å²) >= 11 is 1.24. The molecule has 2 amide bonds. The zero-order valence-electron chi connectivity index (χ0n) is 14.4. The van der Waals surface area contributed by atoms with Gasteiger partial charge in [0.15, 0.2) is 11.0 Å². The number of rotatable bonds is 5. The van der Waals surface area contributed by atoms with Gasteiger partial charge in [-0.05, 0) is 25.0 Å². The van der Waals surface area contributed by atoms with Crippen molar-refractivity contribution in [2.45, 2.75) is 18.0 Å². The molecule has 1 aromatic carbocycles. The number of primary amides is 1. The van der Waals surface area contributed by atoms with Crippen molar-refractivity contribution >= 4 is 23.6 Å². The summed E-state index contributed by atoms with van der Waals surface area (Å²) in [5.41, 5.74) is 5.71. The quantitative estimate of drug-likeness (QED) is 0.796. The standard InChI is InChI=1S/C17H20FN5O2S/c1-22-16(12-6-2-3-7-13(12)18)20-21-17(22)26-10-14(24)23-8-4-5-11(9-23)15(19)25/h2-3,6-7,11H,4-5,8-10H2,1H3,(H2,19,25). The molecule has 2 N–H and O–H groups in total. The van der Waals surface area contributed by atoms with Crippen molar-refractivity contribution in [2.24, 2.45) is 18.7 Å². The minimum atomic E-state index is -0.374. The Balaban J connectivity index is 1.64. The normalized spacial score (nSPS) is 17.3. The van der Waals surface area contributed by atoms with Gasteiger partial charge in [0.25, 0.3) is 0 Å². The van der Waals surface area contributed by atoms with Crippen LogP contribution in [0.1, 0.15) is 12.8 Å². The van der Waals surface area contributed by atoms with Crippen LogP contribution in [0.5, 0.6) is 0 Å². The van der Waals surface area contributed by atoms with E-state index in [0.29, 0.717) is 29.6 Å². The Morgan fingerprint density at radius 1 is 1.35 bits per heavy atom. The number of amides is 2. The molecule has 0 aliphatic carbocycles. The van der Waals surface area contributed by atoms with Crippen LogP contribution in [0.2, 0.25) is 0 Å². The van der Waals surface area contributed by atoms with Gasteiger partial charge in [-0.3, -0.25) is 9.59 Å². The number of hydrogen-bond donors (Lipinski definition) is 1. The van der Waals surface area contributed by atoms with Crippen LogP contribution in [-0.2, 0) is 16.6 Å². The van der Waals surface area contributed by atoms with Crippen molar-refractivity contribution in [3.05, 3.63) is 30.1 Å². The summed E-state index contributed by atoms with van der Waals surface area (Å²) in [5.74, 6) is -0.504. The first kappa shape index (κ1) is 18.4. The number of carbonyl (C=O) groups excluding carboxylic acids is 2. The van der Waals surface area contributed by atoms with Gasteiger partial charge in [-0.15, -0.1) is 10.2 Å². The van der Waals surface area contributed by atoms with Crippen LogP contribution in [0, 0.1) is 11.7 Å². The van der Waals surface area contributed by atoms with Gasteiger partial charge in [-0.1, -0.05) is 23.9 Å². The number of piperidine rings is 1. The van der Waals surface area contributed by atoms with Gasteiger partial charge in [-0.2, -0.15) is 0 Å². The molecule has 1 aromatic heterocycles. The number of carbonyl (C=O) groups is 2. The molecule has 0 radical (unpaired) electrons. The number of benzene rings is 1. The molecule has 1 saturated heterocycles. The third kappa shape index (κ3) is 3.87. The molecule has 1 aliphatic heterocycles. The molecule has 1 unspecified atom stereocenters. The Labute approximate surface area is 154 Å². The lowest BCUT2D eigenvalue weighted by atomic mass is 9.97. The molecule has 7 nitrogen and oxygen atoms in total. The zero-order chi connectivity index (χ0) is 18.7. The summed E-state index contributed by atoms with van der Waals surface area (Å²) in [6.45, 7) is 0.997. The predicted octanol–water partition coefficient (Wildman–Crippen LogP) is 1.44. The number of thioether (sulfide) groups is 1. The second kappa shape index (κ2) is 7.86. The molecular formula is C17H20FN5O2S. The van der Waals surface area contributed by atoms with E-state index in [9.17, 15) is 14.0 Å². The molecule has 3 rings (SSSR count). The summed E-state index contributed by atoms with van der Waals surface area (Å²) in [7, 11) is 1.73. The largest absolute Gasteiger partial charge is 0.369 e. The lowest BCUT2D eigenvalue weighted by Gasteiger charge is -2.31. The first-order valence-electron chi connectivity index (χ1n) is 8.31. The van der Waals surface area contributed by atoms with Gasteiger partial charge in [0.2, 0.25) is 11.8 Å². The van der Waals surface area contributed by atoms with Gasteiger partial charge in [-0.25, -0.2) is 4.39 Å². The molecular weight excluding hydrogens is 357 g/mol. The molecule has 2 heterocycles. The molecule has 0 bridgehead atoms. The topological polar surface area (TPSA) is 94.1 Å². The van der Waals surface area contributed by atoms with E-state index >= 15 is 0 Å². The molecule has 138 valence electrons. The average Bonchev–Trinajstić information content (AvgIpc) is 3.00. The van der Waals surface area contributed by atoms with Crippen molar-refractivity contribution in [3.8, 4) is 11.4 Å². The molecule has 2 aromatic rings. The number of nitrogens with two attached hydrogens (primary N) is 1. The predicted molar refractivity (Wildman–Crippen MR) is 95.6 cm³/mol. The van der Waals surface area contributed by atoms with Crippen LogP contribution >= 0.6 is 11.8 Å². The molecule has 1 aliphatic rings. The number of hydrogen-bond acceptors (Lipinski definition) is 5. The number of nitrogens with zero attached hydrogens (tertiary/aromatic N) is 4. The highest BCUT2D eigenvalue weighted by Gasteiger charge is 2.27. The number of aromatic nitrogens is 3. The second-order valence-electron chi connectivity index (χ2n) is 6.21. The van der Waals surface area contributed by atoms with Crippen molar-refractivity contribution < 1.29 is 14.0 Å². The maximum atomic E-state index is 13.9. The lowest BCUT2D eigenvalue weighted by Crippen LogP contribution is -2.44. The molecule has 26 heavy (non-hydrogen) atoms. The third-order valence-corrected chi connectivity index (χ3v) is 5.46. The van der Waals surface area contributed by atoms with Crippen LogP contribution in [0.25, 0.3) is 11.4 Å². The van der Waals surface area contributed by atoms with Gasteiger partial charge in [0, 0.05) is 20.1 Å². The van der Waals surface area contributed by atoms with Crippen LogP contribution in [-0.4, -0.2) is 50.3 Å². The minimum absolute atomic E-state index is 0.0728. The molecule has 0 saturated carbocycles. The van der Waals surface area contributed by atoms with Gasteiger partial charge in [0.1, 0.15) is 5.82 Å². The van der Waals surface area contributed by atoms with E-state index in [1.54, 1.807) is 34.7 Å². The second-order valence-corrected chi connectivity index (χ2v) is 7.16. The van der Waals surface area contributed by atoms with Crippen molar-refractivity contribution in [1.82, 2.24) is 19.7 Å². The lowest BCUT2D eigenvalue weighted by molar-refractivity contribution is -0.132. The summed E-state index contributed by atoms with van der Waals surface area (Å²) < 4.78 is 15.6. The van der Waals surface area contributed by atoms with E-state index < -0.39 is 0 Å². The number of likely N-dealkylation sites (tertiary alicyclic amines) is 1.